The lowest BCUT2D eigenvalue weighted by Crippen LogP contribution is -2.36. The van der Waals surface area contributed by atoms with Crippen LogP contribution in [0, 0.1) is 0 Å². The summed E-state index contributed by atoms with van der Waals surface area (Å²) >= 11 is 5.82. The van der Waals surface area contributed by atoms with Gasteiger partial charge in [0.2, 0.25) is 5.75 Å². The summed E-state index contributed by atoms with van der Waals surface area (Å²) in [5.74, 6) is 2.47. The molecule has 0 aliphatic rings. The summed E-state index contributed by atoms with van der Waals surface area (Å²) in [6.45, 7) is 3.80. The second kappa shape index (κ2) is 12.5. The van der Waals surface area contributed by atoms with Crippen LogP contribution in [-0.2, 0) is 13.1 Å². The molecule has 0 unspecified atom stereocenters. The lowest BCUT2D eigenvalue weighted by Gasteiger charge is -2.14. The summed E-state index contributed by atoms with van der Waals surface area (Å²) in [6.07, 6.45) is 1.73. The molecule has 0 amide bonds. The molecule has 0 bridgehead atoms. The van der Waals surface area contributed by atoms with Gasteiger partial charge in [-0.05, 0) is 36.2 Å². The van der Waals surface area contributed by atoms with E-state index in [1.807, 2.05) is 25.1 Å². The van der Waals surface area contributed by atoms with E-state index in [1.54, 1.807) is 33.6 Å². The number of hydrogen-bond acceptors (Lipinski definition) is 5. The van der Waals surface area contributed by atoms with Crippen LogP contribution in [0.5, 0.6) is 17.2 Å². The quantitative estimate of drug-likeness (QED) is 0.240. The minimum Gasteiger partial charge on any atom is -0.493 e. The number of rotatable bonds is 8. The van der Waals surface area contributed by atoms with Crippen LogP contribution in [0.4, 0.5) is 0 Å². The van der Waals surface area contributed by atoms with E-state index in [4.69, 9.17) is 25.8 Å². The molecule has 0 saturated heterocycles. The molecule has 7 nitrogen and oxygen atoms in total. The van der Waals surface area contributed by atoms with Gasteiger partial charge in [0, 0.05) is 19.3 Å². The first kappa shape index (κ1) is 24.1. The summed E-state index contributed by atoms with van der Waals surface area (Å²) in [4.78, 5) is 8.70. The van der Waals surface area contributed by atoms with Gasteiger partial charge in [0.1, 0.15) is 5.15 Å². The number of nitrogens with one attached hydrogen (secondary N) is 2. The van der Waals surface area contributed by atoms with Crippen LogP contribution in [0.2, 0.25) is 5.15 Å². The van der Waals surface area contributed by atoms with Gasteiger partial charge in [0.25, 0.3) is 0 Å². The Morgan fingerprint density at radius 3 is 2.21 bits per heavy atom. The maximum Gasteiger partial charge on any atom is 0.203 e. The number of aliphatic imine (C=N–C) groups is 1. The molecule has 1 aromatic carbocycles. The Hall–Kier alpha value is -1.94. The Morgan fingerprint density at radius 1 is 1.04 bits per heavy atom. The fourth-order valence-corrected chi connectivity index (χ4v) is 2.55. The van der Waals surface area contributed by atoms with Gasteiger partial charge in [-0.3, -0.25) is 0 Å². The first-order chi connectivity index (χ1) is 13.1. The molecule has 1 heterocycles. The fraction of sp³-hybridized carbons (Fsp3) is 0.368. The standard InChI is InChI=1S/C19H25ClN4O3.HI/c1-5-21-19(23-11-13-6-7-17(20)22-10-13)24-12-14-8-15(25-2)18(27-4)16(9-14)26-3;/h6-10H,5,11-12H2,1-4H3,(H2,21,23,24);1H. The van der Waals surface area contributed by atoms with E-state index in [2.05, 4.69) is 20.6 Å². The largest absolute Gasteiger partial charge is 0.493 e. The normalized spacial score (nSPS) is 10.7. The lowest BCUT2D eigenvalue weighted by molar-refractivity contribution is 0.324. The molecule has 0 spiro atoms. The highest BCUT2D eigenvalue weighted by Gasteiger charge is 2.13. The Morgan fingerprint density at radius 2 is 1.71 bits per heavy atom. The van der Waals surface area contributed by atoms with Crippen molar-refractivity contribution in [3.8, 4) is 17.2 Å². The van der Waals surface area contributed by atoms with Crippen molar-refractivity contribution >= 4 is 41.5 Å². The number of hydrogen-bond donors (Lipinski definition) is 2. The molecule has 154 valence electrons. The van der Waals surface area contributed by atoms with Crippen LogP contribution in [0.25, 0.3) is 0 Å². The molecule has 9 heteroatoms. The number of methoxy groups -OCH3 is 3. The molecule has 2 aromatic rings. The second-order valence-electron chi connectivity index (χ2n) is 5.57. The van der Waals surface area contributed by atoms with E-state index in [9.17, 15) is 0 Å². The monoisotopic (exact) mass is 520 g/mol. The molecule has 1 aromatic heterocycles. The van der Waals surface area contributed by atoms with Crippen molar-refractivity contribution in [2.45, 2.75) is 20.0 Å². The SMILES string of the molecule is CCNC(=NCc1cc(OC)c(OC)c(OC)c1)NCc1ccc(Cl)nc1.I. The lowest BCUT2D eigenvalue weighted by atomic mass is 10.2. The topological polar surface area (TPSA) is 77.0 Å². The average molecular weight is 521 g/mol. The third-order valence-electron chi connectivity index (χ3n) is 3.74. The van der Waals surface area contributed by atoms with Crippen molar-refractivity contribution in [1.82, 2.24) is 15.6 Å². The van der Waals surface area contributed by atoms with E-state index in [1.165, 1.54) is 0 Å². The van der Waals surface area contributed by atoms with E-state index in [-0.39, 0.29) is 24.0 Å². The molecule has 2 rings (SSSR count). The van der Waals surface area contributed by atoms with E-state index in [0.717, 1.165) is 17.7 Å². The number of guanidine groups is 1. The summed E-state index contributed by atoms with van der Waals surface area (Å²) in [5, 5.41) is 6.97. The van der Waals surface area contributed by atoms with E-state index < -0.39 is 0 Å². The van der Waals surface area contributed by atoms with Crippen molar-refractivity contribution < 1.29 is 14.2 Å². The molecule has 0 saturated carbocycles. The van der Waals surface area contributed by atoms with Gasteiger partial charge in [-0.2, -0.15) is 0 Å². The van der Waals surface area contributed by atoms with Gasteiger partial charge in [0.15, 0.2) is 17.5 Å². The predicted molar refractivity (Wildman–Crippen MR) is 122 cm³/mol. The number of nitrogens with zero attached hydrogens (tertiary/aromatic N) is 2. The average Bonchev–Trinajstić information content (AvgIpc) is 2.70. The molecule has 0 atom stereocenters. The van der Waals surface area contributed by atoms with Gasteiger partial charge >= 0.3 is 0 Å². The fourth-order valence-electron chi connectivity index (χ4n) is 2.44. The molecule has 28 heavy (non-hydrogen) atoms. The van der Waals surface area contributed by atoms with Gasteiger partial charge in [-0.25, -0.2) is 9.98 Å². The second-order valence-corrected chi connectivity index (χ2v) is 5.96. The smallest absolute Gasteiger partial charge is 0.203 e. The number of pyridine rings is 1. The summed E-state index contributed by atoms with van der Waals surface area (Å²) in [7, 11) is 4.77. The van der Waals surface area contributed by atoms with Crippen molar-refractivity contribution in [2.24, 2.45) is 4.99 Å². The van der Waals surface area contributed by atoms with Gasteiger partial charge in [-0.15, -0.1) is 24.0 Å². The maximum absolute atomic E-state index is 5.82. The van der Waals surface area contributed by atoms with Crippen LogP contribution in [-0.4, -0.2) is 38.8 Å². The third kappa shape index (κ3) is 6.90. The Balaban J connectivity index is 0.00000392. The highest BCUT2D eigenvalue weighted by molar-refractivity contribution is 14.0. The Bertz CT molecular complexity index is 747. The maximum atomic E-state index is 5.82. The third-order valence-corrected chi connectivity index (χ3v) is 3.96. The highest BCUT2D eigenvalue weighted by atomic mass is 127. The molecule has 0 radical (unpaired) electrons. The van der Waals surface area contributed by atoms with Crippen LogP contribution in [0.1, 0.15) is 18.1 Å². The highest BCUT2D eigenvalue weighted by Crippen LogP contribution is 2.38. The van der Waals surface area contributed by atoms with Crippen LogP contribution in [0.15, 0.2) is 35.5 Å². The van der Waals surface area contributed by atoms with Crippen molar-refractivity contribution in [2.75, 3.05) is 27.9 Å². The molecular weight excluding hydrogens is 495 g/mol. The van der Waals surface area contributed by atoms with Crippen LogP contribution < -0.4 is 24.8 Å². The molecule has 0 fully saturated rings. The van der Waals surface area contributed by atoms with E-state index in [0.29, 0.717) is 41.5 Å². The number of benzene rings is 1. The zero-order valence-electron chi connectivity index (χ0n) is 16.4. The number of ether oxygens (including phenoxy) is 3. The zero-order valence-corrected chi connectivity index (χ0v) is 19.5. The van der Waals surface area contributed by atoms with Gasteiger partial charge < -0.3 is 24.8 Å². The summed E-state index contributed by atoms with van der Waals surface area (Å²) in [6, 6.07) is 7.46. The minimum atomic E-state index is 0. The van der Waals surface area contributed by atoms with Crippen LogP contribution in [0.3, 0.4) is 0 Å². The molecular formula is C19H26ClIN4O3. The minimum absolute atomic E-state index is 0. The van der Waals surface area contributed by atoms with Gasteiger partial charge in [-0.1, -0.05) is 17.7 Å². The van der Waals surface area contributed by atoms with Gasteiger partial charge in [0.05, 0.1) is 27.9 Å². The van der Waals surface area contributed by atoms with Crippen molar-refractivity contribution in [1.29, 1.82) is 0 Å². The summed E-state index contributed by atoms with van der Waals surface area (Å²) in [5.41, 5.74) is 1.95. The van der Waals surface area contributed by atoms with Crippen LogP contribution >= 0.6 is 35.6 Å². The van der Waals surface area contributed by atoms with Crippen molar-refractivity contribution in [3.05, 3.63) is 46.7 Å². The Kier molecular flexibility index (Phi) is 10.8. The first-order valence-electron chi connectivity index (χ1n) is 8.52. The Labute approximate surface area is 187 Å². The zero-order chi connectivity index (χ0) is 19.6. The molecule has 0 aliphatic carbocycles. The molecule has 0 aliphatic heterocycles. The molecule has 2 N–H and O–H groups in total. The van der Waals surface area contributed by atoms with Crippen molar-refractivity contribution in [3.63, 3.8) is 0 Å². The predicted octanol–water partition coefficient (Wildman–Crippen LogP) is 3.63. The number of aromatic nitrogens is 1. The van der Waals surface area contributed by atoms with E-state index >= 15 is 0 Å². The summed E-state index contributed by atoms with van der Waals surface area (Å²) < 4.78 is 16.1. The first-order valence-corrected chi connectivity index (χ1v) is 8.90. The number of halogens is 2.